The summed E-state index contributed by atoms with van der Waals surface area (Å²) in [5.74, 6) is 0.133. The van der Waals surface area contributed by atoms with Crippen molar-refractivity contribution in [2.45, 2.75) is 13.1 Å². The smallest absolute Gasteiger partial charge is 0.138 e. The highest BCUT2D eigenvalue weighted by atomic mass is 16.3. The standard InChI is InChI=1S/C14H17N3O/c1-17(10-12-3-2-6-16-8-12)9-11-4-5-14(18)13(15)7-11/h2-8,18H,9-10,15H2,1H3. The highest BCUT2D eigenvalue weighted by Gasteiger charge is 2.04. The van der Waals surface area contributed by atoms with E-state index in [9.17, 15) is 5.11 Å². The number of pyridine rings is 1. The van der Waals surface area contributed by atoms with Crippen LogP contribution in [0, 0.1) is 0 Å². The van der Waals surface area contributed by atoms with Gasteiger partial charge < -0.3 is 10.8 Å². The normalized spacial score (nSPS) is 10.8. The van der Waals surface area contributed by atoms with E-state index in [0.717, 1.165) is 18.7 Å². The van der Waals surface area contributed by atoms with Gasteiger partial charge in [-0.25, -0.2) is 0 Å². The zero-order valence-electron chi connectivity index (χ0n) is 10.4. The van der Waals surface area contributed by atoms with Crippen molar-refractivity contribution in [2.75, 3.05) is 12.8 Å². The lowest BCUT2D eigenvalue weighted by Crippen LogP contribution is -2.17. The van der Waals surface area contributed by atoms with Gasteiger partial charge in [-0.1, -0.05) is 12.1 Å². The minimum atomic E-state index is 0.133. The second kappa shape index (κ2) is 5.51. The number of benzene rings is 1. The molecule has 0 aliphatic carbocycles. The molecule has 94 valence electrons. The van der Waals surface area contributed by atoms with Crippen LogP contribution in [0.25, 0.3) is 0 Å². The Hall–Kier alpha value is -2.07. The Kier molecular flexibility index (Phi) is 3.79. The molecule has 4 heteroatoms. The third-order valence-electron chi connectivity index (χ3n) is 2.72. The minimum Gasteiger partial charge on any atom is -0.506 e. The summed E-state index contributed by atoms with van der Waals surface area (Å²) >= 11 is 0. The Morgan fingerprint density at radius 3 is 2.67 bits per heavy atom. The van der Waals surface area contributed by atoms with Gasteiger partial charge in [0.2, 0.25) is 0 Å². The van der Waals surface area contributed by atoms with Crippen molar-refractivity contribution in [3.05, 3.63) is 53.9 Å². The van der Waals surface area contributed by atoms with Gasteiger partial charge in [-0.2, -0.15) is 0 Å². The molecule has 0 atom stereocenters. The average Bonchev–Trinajstić information content (AvgIpc) is 2.35. The van der Waals surface area contributed by atoms with Crippen molar-refractivity contribution in [1.82, 2.24) is 9.88 Å². The minimum absolute atomic E-state index is 0.133. The fourth-order valence-corrected chi connectivity index (χ4v) is 1.87. The van der Waals surface area contributed by atoms with Crippen LogP contribution in [-0.4, -0.2) is 22.0 Å². The van der Waals surface area contributed by atoms with E-state index in [4.69, 9.17) is 5.73 Å². The van der Waals surface area contributed by atoms with Gasteiger partial charge in [-0.05, 0) is 36.4 Å². The van der Waals surface area contributed by atoms with Gasteiger partial charge in [0.15, 0.2) is 0 Å². The number of phenolic OH excluding ortho intramolecular Hbond substituents is 1. The van der Waals surface area contributed by atoms with E-state index in [0.29, 0.717) is 5.69 Å². The van der Waals surface area contributed by atoms with Crippen molar-refractivity contribution in [3.8, 4) is 5.75 Å². The number of aromatic hydroxyl groups is 1. The number of nitrogens with zero attached hydrogens (tertiary/aromatic N) is 2. The van der Waals surface area contributed by atoms with Crippen LogP contribution in [0.1, 0.15) is 11.1 Å². The van der Waals surface area contributed by atoms with E-state index in [-0.39, 0.29) is 5.75 Å². The van der Waals surface area contributed by atoms with Crippen LogP contribution in [-0.2, 0) is 13.1 Å². The molecule has 2 rings (SSSR count). The zero-order valence-corrected chi connectivity index (χ0v) is 10.4. The van der Waals surface area contributed by atoms with Gasteiger partial charge in [0.05, 0.1) is 5.69 Å². The second-order valence-corrected chi connectivity index (χ2v) is 4.43. The lowest BCUT2D eigenvalue weighted by molar-refractivity contribution is 0.318. The van der Waals surface area contributed by atoms with E-state index in [1.165, 1.54) is 5.56 Å². The van der Waals surface area contributed by atoms with Crippen LogP contribution in [0.5, 0.6) is 5.75 Å². The summed E-state index contributed by atoms with van der Waals surface area (Å²) in [5, 5.41) is 9.37. The van der Waals surface area contributed by atoms with E-state index >= 15 is 0 Å². The third kappa shape index (κ3) is 3.21. The Bertz CT molecular complexity index is 514. The Balaban J connectivity index is 1.99. The summed E-state index contributed by atoms with van der Waals surface area (Å²) < 4.78 is 0. The maximum Gasteiger partial charge on any atom is 0.138 e. The Morgan fingerprint density at radius 2 is 2.00 bits per heavy atom. The molecular formula is C14H17N3O. The fourth-order valence-electron chi connectivity index (χ4n) is 1.87. The van der Waals surface area contributed by atoms with Gasteiger partial charge in [-0.3, -0.25) is 9.88 Å². The molecule has 2 aromatic rings. The molecule has 0 spiro atoms. The predicted molar refractivity (Wildman–Crippen MR) is 71.9 cm³/mol. The van der Waals surface area contributed by atoms with Crippen molar-refractivity contribution in [1.29, 1.82) is 0 Å². The fraction of sp³-hybridized carbons (Fsp3) is 0.214. The van der Waals surface area contributed by atoms with Crippen LogP contribution in [0.15, 0.2) is 42.7 Å². The summed E-state index contributed by atoms with van der Waals surface area (Å²) in [4.78, 5) is 6.26. The first-order valence-corrected chi connectivity index (χ1v) is 5.80. The van der Waals surface area contributed by atoms with Crippen molar-refractivity contribution in [3.63, 3.8) is 0 Å². The topological polar surface area (TPSA) is 62.4 Å². The quantitative estimate of drug-likeness (QED) is 0.637. The first kappa shape index (κ1) is 12.4. The van der Waals surface area contributed by atoms with Gasteiger partial charge in [0.25, 0.3) is 0 Å². The molecule has 0 unspecified atom stereocenters. The van der Waals surface area contributed by atoms with Crippen LogP contribution in [0.2, 0.25) is 0 Å². The number of hydrogen-bond donors (Lipinski definition) is 2. The molecule has 0 saturated carbocycles. The number of hydrogen-bond acceptors (Lipinski definition) is 4. The predicted octanol–water partition coefficient (Wildman–Crippen LogP) is 2.00. The van der Waals surface area contributed by atoms with Crippen molar-refractivity contribution >= 4 is 5.69 Å². The first-order valence-electron chi connectivity index (χ1n) is 5.80. The maximum atomic E-state index is 9.37. The third-order valence-corrected chi connectivity index (χ3v) is 2.72. The van der Waals surface area contributed by atoms with Crippen molar-refractivity contribution in [2.24, 2.45) is 0 Å². The van der Waals surface area contributed by atoms with Crippen molar-refractivity contribution < 1.29 is 5.11 Å². The van der Waals surface area contributed by atoms with Gasteiger partial charge in [0, 0.05) is 25.5 Å². The highest BCUT2D eigenvalue weighted by Crippen LogP contribution is 2.21. The summed E-state index contributed by atoms with van der Waals surface area (Å²) in [6, 6.07) is 9.29. The molecule has 0 bridgehead atoms. The van der Waals surface area contributed by atoms with E-state index in [2.05, 4.69) is 16.0 Å². The Labute approximate surface area is 107 Å². The second-order valence-electron chi connectivity index (χ2n) is 4.43. The maximum absolute atomic E-state index is 9.37. The lowest BCUT2D eigenvalue weighted by atomic mass is 10.1. The molecule has 0 saturated heterocycles. The summed E-state index contributed by atoms with van der Waals surface area (Å²) in [6.07, 6.45) is 3.63. The summed E-state index contributed by atoms with van der Waals surface area (Å²) in [6.45, 7) is 1.61. The van der Waals surface area contributed by atoms with Gasteiger partial charge in [0.1, 0.15) is 5.75 Å². The number of nitrogen functional groups attached to an aromatic ring is 1. The largest absolute Gasteiger partial charge is 0.506 e. The van der Waals surface area contributed by atoms with E-state index in [1.54, 1.807) is 18.3 Å². The highest BCUT2D eigenvalue weighted by molar-refractivity contribution is 5.53. The number of rotatable bonds is 4. The molecule has 1 aromatic heterocycles. The number of anilines is 1. The molecule has 0 aliphatic rings. The van der Waals surface area contributed by atoms with Crippen LogP contribution < -0.4 is 5.73 Å². The van der Waals surface area contributed by atoms with Crippen LogP contribution in [0.4, 0.5) is 5.69 Å². The SMILES string of the molecule is CN(Cc1cccnc1)Cc1ccc(O)c(N)c1. The molecule has 4 nitrogen and oxygen atoms in total. The molecule has 1 aromatic carbocycles. The number of aromatic nitrogens is 1. The van der Waals surface area contributed by atoms with Crippen LogP contribution in [0.3, 0.4) is 0 Å². The Morgan fingerprint density at radius 1 is 1.22 bits per heavy atom. The zero-order chi connectivity index (χ0) is 13.0. The molecule has 0 aliphatic heterocycles. The monoisotopic (exact) mass is 243 g/mol. The van der Waals surface area contributed by atoms with E-state index < -0.39 is 0 Å². The van der Waals surface area contributed by atoms with Gasteiger partial charge >= 0.3 is 0 Å². The lowest BCUT2D eigenvalue weighted by Gasteiger charge is -2.17. The number of nitrogens with two attached hydrogens (primary N) is 1. The van der Waals surface area contributed by atoms with Crippen LogP contribution >= 0.6 is 0 Å². The number of phenols is 1. The molecule has 0 amide bonds. The summed E-state index contributed by atoms with van der Waals surface area (Å²) in [7, 11) is 2.04. The summed E-state index contributed by atoms with van der Waals surface area (Å²) in [5.41, 5.74) is 8.34. The molecule has 0 radical (unpaired) electrons. The average molecular weight is 243 g/mol. The first-order chi connectivity index (χ1) is 8.65. The molecule has 3 N–H and O–H groups in total. The van der Waals surface area contributed by atoms with E-state index in [1.807, 2.05) is 25.4 Å². The molecule has 0 fully saturated rings. The molecular weight excluding hydrogens is 226 g/mol. The van der Waals surface area contributed by atoms with Gasteiger partial charge in [-0.15, -0.1) is 0 Å². The molecule has 18 heavy (non-hydrogen) atoms. The molecule has 1 heterocycles.